The molecule has 1 heterocycles. The van der Waals surface area contributed by atoms with Gasteiger partial charge in [-0.2, -0.15) is 13.2 Å². The Morgan fingerprint density at radius 1 is 0.912 bits per heavy atom. The summed E-state index contributed by atoms with van der Waals surface area (Å²) in [5.41, 5.74) is -0.582. The fourth-order valence-corrected chi connectivity index (χ4v) is 3.72. The number of imidazole rings is 1. The molecule has 0 aliphatic rings. The van der Waals surface area contributed by atoms with Crippen LogP contribution in [0.25, 0.3) is 28.2 Å². The zero-order chi connectivity index (χ0) is 24.7. The number of methoxy groups -OCH3 is 1. The standard InChI is InChI=1S/C26H22F4N2O2/c1-25(2,33)23-15-32(24(31-23)19-9-4-5-10-21(19)26(28,29)30)18-8-6-7-16(13-18)20-14-17(27)11-12-22(20)34-3/h4-15,33H,1-3H3. The monoisotopic (exact) mass is 470 g/mol. The summed E-state index contributed by atoms with van der Waals surface area (Å²) in [5.74, 6) is 0.0188. The van der Waals surface area contributed by atoms with Gasteiger partial charge in [-0.25, -0.2) is 9.37 Å². The highest BCUT2D eigenvalue weighted by Crippen LogP contribution is 2.39. The molecule has 1 aromatic heterocycles. The Bertz CT molecular complexity index is 1340. The van der Waals surface area contributed by atoms with Crippen LogP contribution >= 0.6 is 0 Å². The van der Waals surface area contributed by atoms with Gasteiger partial charge in [-0.1, -0.05) is 30.3 Å². The second-order valence-corrected chi connectivity index (χ2v) is 8.32. The predicted molar refractivity (Wildman–Crippen MR) is 121 cm³/mol. The summed E-state index contributed by atoms with van der Waals surface area (Å²) in [6.07, 6.45) is -3.09. The van der Waals surface area contributed by atoms with Gasteiger partial charge in [0.2, 0.25) is 0 Å². The van der Waals surface area contributed by atoms with Gasteiger partial charge < -0.3 is 9.84 Å². The van der Waals surface area contributed by atoms with Crippen molar-refractivity contribution < 1.29 is 27.4 Å². The van der Waals surface area contributed by atoms with Crippen LogP contribution in [0.5, 0.6) is 5.75 Å². The summed E-state index contributed by atoms with van der Waals surface area (Å²) in [4.78, 5) is 4.38. The molecule has 0 saturated heterocycles. The van der Waals surface area contributed by atoms with Gasteiger partial charge in [0.25, 0.3) is 0 Å². The minimum Gasteiger partial charge on any atom is -0.496 e. The van der Waals surface area contributed by atoms with E-state index in [0.717, 1.165) is 6.07 Å². The van der Waals surface area contributed by atoms with Crippen LogP contribution in [-0.4, -0.2) is 21.8 Å². The lowest BCUT2D eigenvalue weighted by Crippen LogP contribution is -2.15. The maximum atomic E-state index is 14.0. The molecular formula is C26H22F4N2O2. The van der Waals surface area contributed by atoms with Gasteiger partial charge in [0.1, 0.15) is 23.0 Å². The van der Waals surface area contributed by atoms with Crippen molar-refractivity contribution in [3.63, 3.8) is 0 Å². The van der Waals surface area contributed by atoms with Crippen molar-refractivity contribution in [1.82, 2.24) is 9.55 Å². The summed E-state index contributed by atoms with van der Waals surface area (Å²) in [5, 5.41) is 10.5. The maximum absolute atomic E-state index is 14.0. The van der Waals surface area contributed by atoms with Crippen LogP contribution in [0.3, 0.4) is 0 Å². The van der Waals surface area contributed by atoms with Crippen molar-refractivity contribution in [2.75, 3.05) is 7.11 Å². The van der Waals surface area contributed by atoms with Crippen LogP contribution in [0.15, 0.2) is 72.9 Å². The molecule has 0 saturated carbocycles. The number of halogens is 4. The number of nitrogens with zero attached hydrogens (tertiary/aromatic N) is 2. The van der Waals surface area contributed by atoms with E-state index in [1.807, 2.05) is 0 Å². The quantitative estimate of drug-likeness (QED) is 0.334. The number of ether oxygens (including phenoxy) is 1. The highest BCUT2D eigenvalue weighted by molar-refractivity contribution is 5.73. The zero-order valence-corrected chi connectivity index (χ0v) is 18.7. The van der Waals surface area contributed by atoms with E-state index in [2.05, 4.69) is 4.98 Å². The topological polar surface area (TPSA) is 47.3 Å². The van der Waals surface area contributed by atoms with Crippen molar-refractivity contribution in [3.05, 3.63) is 90.0 Å². The first-order chi connectivity index (χ1) is 16.0. The van der Waals surface area contributed by atoms with Gasteiger partial charge in [-0.05, 0) is 55.8 Å². The molecule has 4 nitrogen and oxygen atoms in total. The van der Waals surface area contributed by atoms with Crippen molar-refractivity contribution in [1.29, 1.82) is 0 Å². The molecule has 4 aromatic rings. The number of aliphatic hydroxyl groups is 1. The summed E-state index contributed by atoms with van der Waals surface area (Å²) in [6.45, 7) is 3.01. The molecule has 4 rings (SSSR count). The molecule has 0 aliphatic heterocycles. The molecule has 1 N–H and O–H groups in total. The number of hydrogen-bond donors (Lipinski definition) is 1. The summed E-state index contributed by atoms with van der Waals surface area (Å²) in [7, 11) is 1.47. The van der Waals surface area contributed by atoms with E-state index in [1.54, 1.807) is 24.3 Å². The molecule has 34 heavy (non-hydrogen) atoms. The molecule has 0 aliphatic carbocycles. The van der Waals surface area contributed by atoms with Crippen LogP contribution in [0.1, 0.15) is 25.1 Å². The van der Waals surface area contributed by atoms with Crippen molar-refractivity contribution >= 4 is 0 Å². The lowest BCUT2D eigenvalue weighted by Gasteiger charge is -2.15. The molecule has 176 valence electrons. The van der Waals surface area contributed by atoms with Gasteiger partial charge in [0.15, 0.2) is 0 Å². The van der Waals surface area contributed by atoms with Gasteiger partial charge in [0.05, 0.1) is 18.4 Å². The van der Waals surface area contributed by atoms with Gasteiger partial charge in [-0.15, -0.1) is 0 Å². The first-order valence-corrected chi connectivity index (χ1v) is 10.4. The van der Waals surface area contributed by atoms with E-state index in [1.165, 1.54) is 68.1 Å². The molecule has 8 heteroatoms. The molecule has 0 fully saturated rings. The number of benzene rings is 3. The Balaban J connectivity index is 1.95. The number of hydrogen-bond acceptors (Lipinski definition) is 3. The van der Waals surface area contributed by atoms with E-state index in [4.69, 9.17) is 4.74 Å². The summed E-state index contributed by atoms with van der Waals surface area (Å²) < 4.78 is 62.1. The predicted octanol–water partition coefficient (Wildman–Crippen LogP) is 6.60. The van der Waals surface area contributed by atoms with Crippen LogP contribution < -0.4 is 4.74 Å². The Hall–Kier alpha value is -3.65. The highest BCUT2D eigenvalue weighted by Gasteiger charge is 2.35. The molecule has 3 aromatic carbocycles. The minimum atomic E-state index is -4.60. The third-order valence-electron chi connectivity index (χ3n) is 5.40. The number of aromatic nitrogens is 2. The number of rotatable bonds is 5. The average Bonchev–Trinajstić information content (AvgIpc) is 3.25. The Labute approximate surface area is 194 Å². The smallest absolute Gasteiger partial charge is 0.417 e. The first kappa shape index (κ1) is 23.5. The maximum Gasteiger partial charge on any atom is 0.417 e. The first-order valence-electron chi connectivity index (χ1n) is 10.4. The van der Waals surface area contributed by atoms with Gasteiger partial charge >= 0.3 is 6.18 Å². The normalized spacial score (nSPS) is 12.1. The average molecular weight is 470 g/mol. The van der Waals surface area contributed by atoms with Crippen LogP contribution in [0.2, 0.25) is 0 Å². The SMILES string of the molecule is COc1ccc(F)cc1-c1cccc(-n2cc(C(C)(C)O)nc2-c2ccccc2C(F)(F)F)c1. The minimum absolute atomic E-state index is 0.0217. The van der Waals surface area contributed by atoms with Gasteiger partial charge in [-0.3, -0.25) is 4.57 Å². The van der Waals surface area contributed by atoms with Crippen molar-refractivity contribution in [3.8, 4) is 34.0 Å². The lowest BCUT2D eigenvalue weighted by molar-refractivity contribution is -0.137. The third-order valence-corrected chi connectivity index (χ3v) is 5.40. The van der Waals surface area contributed by atoms with Crippen molar-refractivity contribution in [2.24, 2.45) is 0 Å². The summed E-state index contributed by atoms with van der Waals surface area (Å²) >= 11 is 0. The van der Waals surface area contributed by atoms with E-state index < -0.39 is 23.2 Å². The molecule has 0 atom stereocenters. The van der Waals surface area contributed by atoms with Crippen LogP contribution in [0.4, 0.5) is 17.6 Å². The van der Waals surface area contributed by atoms with E-state index in [9.17, 15) is 22.7 Å². The molecular weight excluding hydrogens is 448 g/mol. The fourth-order valence-electron chi connectivity index (χ4n) is 3.72. The summed E-state index contributed by atoms with van der Waals surface area (Å²) in [6, 6.07) is 16.1. The molecule has 0 bridgehead atoms. The van der Waals surface area contributed by atoms with E-state index in [-0.39, 0.29) is 17.1 Å². The Morgan fingerprint density at radius 2 is 1.65 bits per heavy atom. The second kappa shape index (κ2) is 8.61. The fraction of sp³-hybridized carbons (Fsp3) is 0.192. The van der Waals surface area contributed by atoms with E-state index >= 15 is 0 Å². The Kier molecular flexibility index (Phi) is 5.95. The molecule has 0 unspecified atom stereocenters. The molecule has 0 spiro atoms. The highest BCUT2D eigenvalue weighted by atomic mass is 19.4. The lowest BCUT2D eigenvalue weighted by atomic mass is 10.0. The largest absolute Gasteiger partial charge is 0.496 e. The number of alkyl halides is 3. The van der Waals surface area contributed by atoms with Crippen LogP contribution in [0, 0.1) is 5.82 Å². The van der Waals surface area contributed by atoms with E-state index in [0.29, 0.717) is 22.6 Å². The second-order valence-electron chi connectivity index (χ2n) is 8.32. The van der Waals surface area contributed by atoms with Gasteiger partial charge in [0, 0.05) is 23.0 Å². The Morgan fingerprint density at radius 3 is 2.32 bits per heavy atom. The molecule has 0 amide bonds. The van der Waals surface area contributed by atoms with Crippen LogP contribution in [-0.2, 0) is 11.8 Å². The molecule has 0 radical (unpaired) electrons. The van der Waals surface area contributed by atoms with Crippen molar-refractivity contribution in [2.45, 2.75) is 25.6 Å². The third kappa shape index (κ3) is 4.54. The zero-order valence-electron chi connectivity index (χ0n) is 18.7.